The van der Waals surface area contributed by atoms with Crippen molar-refractivity contribution < 1.29 is 9.32 Å². The van der Waals surface area contributed by atoms with Gasteiger partial charge in [-0.1, -0.05) is 59.3 Å². The topological polar surface area (TPSA) is 59.2 Å². The van der Waals surface area contributed by atoms with Gasteiger partial charge >= 0.3 is 0 Å². The molecule has 0 aliphatic heterocycles. The van der Waals surface area contributed by atoms with Gasteiger partial charge in [-0.05, 0) is 25.0 Å². The first-order valence-corrected chi connectivity index (χ1v) is 8.71. The number of aromatic nitrogens is 2. The van der Waals surface area contributed by atoms with Crippen LogP contribution < -0.4 is 0 Å². The summed E-state index contributed by atoms with van der Waals surface area (Å²) in [5, 5.41) is 3.99. The van der Waals surface area contributed by atoms with Gasteiger partial charge in [0.2, 0.25) is 17.6 Å². The second kappa shape index (κ2) is 7.95. The van der Waals surface area contributed by atoms with E-state index in [1.165, 1.54) is 11.1 Å². The lowest BCUT2D eigenvalue weighted by molar-refractivity contribution is -0.130. The van der Waals surface area contributed by atoms with E-state index in [-0.39, 0.29) is 5.91 Å². The molecule has 5 nitrogen and oxygen atoms in total. The predicted molar refractivity (Wildman–Crippen MR) is 100 cm³/mol. The second-order valence-electron chi connectivity index (χ2n) is 6.56. The van der Waals surface area contributed by atoms with Crippen LogP contribution in [0.1, 0.15) is 29.0 Å². The van der Waals surface area contributed by atoms with Gasteiger partial charge in [0, 0.05) is 32.0 Å². The monoisotopic (exact) mass is 349 g/mol. The Bertz CT molecular complexity index is 887. The predicted octanol–water partition coefficient (Wildman–Crippen LogP) is 3.94. The van der Waals surface area contributed by atoms with Crippen LogP contribution in [0.5, 0.6) is 0 Å². The molecule has 26 heavy (non-hydrogen) atoms. The summed E-state index contributed by atoms with van der Waals surface area (Å²) in [5.74, 6) is 1.10. The van der Waals surface area contributed by atoms with Crippen molar-refractivity contribution in [3.8, 4) is 11.4 Å². The van der Waals surface area contributed by atoms with Crippen molar-refractivity contribution in [2.45, 2.75) is 33.2 Å². The smallest absolute Gasteiger partial charge is 0.227 e. The third kappa shape index (κ3) is 4.36. The Balaban J connectivity index is 1.56. The summed E-state index contributed by atoms with van der Waals surface area (Å²) in [6, 6.07) is 15.9. The molecule has 5 heteroatoms. The van der Waals surface area contributed by atoms with E-state index in [4.69, 9.17) is 4.52 Å². The summed E-state index contributed by atoms with van der Waals surface area (Å²) in [6.45, 7) is 4.74. The van der Waals surface area contributed by atoms with E-state index in [9.17, 15) is 4.79 Å². The Labute approximate surface area is 153 Å². The standard InChI is InChI=1S/C21H23N3O2/c1-15-9-10-18(16(2)13-15)14-24(3)20(25)12-11-19-22-21(23-26-19)17-7-5-4-6-8-17/h4-10,13H,11-12,14H2,1-3H3. The molecule has 2 aromatic carbocycles. The molecule has 0 spiro atoms. The minimum Gasteiger partial charge on any atom is -0.341 e. The summed E-state index contributed by atoms with van der Waals surface area (Å²) in [4.78, 5) is 18.5. The van der Waals surface area contributed by atoms with Crippen molar-refractivity contribution >= 4 is 5.91 Å². The molecule has 0 saturated heterocycles. The lowest BCUT2D eigenvalue weighted by atomic mass is 10.1. The second-order valence-corrected chi connectivity index (χ2v) is 6.56. The summed E-state index contributed by atoms with van der Waals surface area (Å²) in [6.07, 6.45) is 0.785. The fraction of sp³-hybridized carbons (Fsp3) is 0.286. The van der Waals surface area contributed by atoms with Crippen molar-refractivity contribution in [2.24, 2.45) is 0 Å². The average molecular weight is 349 g/mol. The third-order valence-corrected chi connectivity index (χ3v) is 4.38. The fourth-order valence-electron chi connectivity index (χ4n) is 2.83. The molecule has 0 unspecified atom stereocenters. The molecule has 3 aromatic rings. The highest BCUT2D eigenvalue weighted by molar-refractivity contribution is 5.76. The van der Waals surface area contributed by atoms with Crippen LogP contribution in [0, 0.1) is 13.8 Å². The van der Waals surface area contributed by atoms with Crippen molar-refractivity contribution in [1.29, 1.82) is 0 Å². The van der Waals surface area contributed by atoms with E-state index in [0.29, 0.717) is 31.1 Å². The molecule has 0 saturated carbocycles. The summed E-state index contributed by atoms with van der Waals surface area (Å²) >= 11 is 0. The number of rotatable bonds is 6. The van der Waals surface area contributed by atoms with Crippen LogP contribution in [0.15, 0.2) is 53.1 Å². The van der Waals surface area contributed by atoms with Crippen molar-refractivity contribution in [2.75, 3.05) is 7.05 Å². The maximum absolute atomic E-state index is 12.4. The Kier molecular flexibility index (Phi) is 5.46. The van der Waals surface area contributed by atoms with E-state index < -0.39 is 0 Å². The Morgan fingerprint density at radius 2 is 1.88 bits per heavy atom. The van der Waals surface area contributed by atoms with Crippen LogP contribution in [0.2, 0.25) is 0 Å². The molecule has 1 amide bonds. The van der Waals surface area contributed by atoms with E-state index in [2.05, 4.69) is 42.2 Å². The van der Waals surface area contributed by atoms with Gasteiger partial charge in [-0.3, -0.25) is 4.79 Å². The number of carbonyl (C=O) groups is 1. The number of aryl methyl sites for hydroxylation is 3. The van der Waals surface area contributed by atoms with E-state index in [1.807, 2.05) is 37.4 Å². The molecule has 3 rings (SSSR count). The third-order valence-electron chi connectivity index (χ3n) is 4.38. The number of hydrogen-bond donors (Lipinski definition) is 0. The summed E-state index contributed by atoms with van der Waals surface area (Å²) < 4.78 is 5.27. The largest absolute Gasteiger partial charge is 0.341 e. The molecule has 0 aliphatic rings. The molecule has 0 radical (unpaired) electrons. The van der Waals surface area contributed by atoms with Gasteiger partial charge in [-0.25, -0.2) is 0 Å². The maximum Gasteiger partial charge on any atom is 0.227 e. The minimum atomic E-state index is 0.0597. The van der Waals surface area contributed by atoms with Crippen LogP contribution in [-0.4, -0.2) is 28.0 Å². The molecule has 1 heterocycles. The lowest BCUT2D eigenvalue weighted by Gasteiger charge is -2.18. The zero-order valence-electron chi connectivity index (χ0n) is 15.4. The normalized spacial score (nSPS) is 10.7. The molecule has 0 bridgehead atoms. The lowest BCUT2D eigenvalue weighted by Crippen LogP contribution is -2.26. The SMILES string of the molecule is Cc1ccc(CN(C)C(=O)CCc2nc(-c3ccccc3)no2)c(C)c1. The van der Waals surface area contributed by atoms with Crippen LogP contribution in [0.3, 0.4) is 0 Å². The molecule has 1 aromatic heterocycles. The van der Waals surface area contributed by atoms with Gasteiger partial charge in [0.05, 0.1) is 0 Å². The zero-order chi connectivity index (χ0) is 18.5. The van der Waals surface area contributed by atoms with Gasteiger partial charge in [-0.2, -0.15) is 4.98 Å². The van der Waals surface area contributed by atoms with Gasteiger partial charge in [-0.15, -0.1) is 0 Å². The summed E-state index contributed by atoms with van der Waals surface area (Å²) in [7, 11) is 1.82. The average Bonchev–Trinajstić information content (AvgIpc) is 3.11. The van der Waals surface area contributed by atoms with Crippen molar-refractivity contribution in [3.63, 3.8) is 0 Å². The first kappa shape index (κ1) is 17.9. The number of nitrogens with zero attached hydrogens (tertiary/aromatic N) is 3. The van der Waals surface area contributed by atoms with Crippen molar-refractivity contribution in [3.05, 3.63) is 71.1 Å². The van der Waals surface area contributed by atoms with Crippen LogP contribution in [-0.2, 0) is 17.8 Å². The van der Waals surface area contributed by atoms with Gasteiger partial charge in [0.15, 0.2) is 0 Å². The highest BCUT2D eigenvalue weighted by atomic mass is 16.5. The summed E-state index contributed by atoms with van der Waals surface area (Å²) in [5.41, 5.74) is 4.50. The number of hydrogen-bond acceptors (Lipinski definition) is 4. The Morgan fingerprint density at radius 3 is 2.62 bits per heavy atom. The van der Waals surface area contributed by atoms with Gasteiger partial charge in [0.25, 0.3) is 0 Å². The number of amides is 1. The van der Waals surface area contributed by atoms with E-state index in [0.717, 1.165) is 11.1 Å². The fourth-order valence-corrected chi connectivity index (χ4v) is 2.83. The number of carbonyl (C=O) groups excluding carboxylic acids is 1. The Morgan fingerprint density at radius 1 is 1.12 bits per heavy atom. The molecule has 0 atom stereocenters. The van der Waals surface area contributed by atoms with E-state index >= 15 is 0 Å². The Hall–Kier alpha value is -2.95. The molecular weight excluding hydrogens is 326 g/mol. The zero-order valence-corrected chi connectivity index (χ0v) is 15.4. The van der Waals surface area contributed by atoms with Crippen LogP contribution >= 0.6 is 0 Å². The van der Waals surface area contributed by atoms with Gasteiger partial charge < -0.3 is 9.42 Å². The number of benzene rings is 2. The molecular formula is C21H23N3O2. The maximum atomic E-state index is 12.4. The van der Waals surface area contributed by atoms with Gasteiger partial charge in [0.1, 0.15) is 0 Å². The molecule has 134 valence electrons. The highest BCUT2D eigenvalue weighted by Gasteiger charge is 2.14. The molecule has 0 fully saturated rings. The van der Waals surface area contributed by atoms with Crippen LogP contribution in [0.4, 0.5) is 0 Å². The first-order valence-electron chi connectivity index (χ1n) is 8.71. The highest BCUT2D eigenvalue weighted by Crippen LogP contribution is 2.16. The quantitative estimate of drug-likeness (QED) is 0.676. The minimum absolute atomic E-state index is 0.0597. The van der Waals surface area contributed by atoms with E-state index in [1.54, 1.807) is 4.90 Å². The van der Waals surface area contributed by atoms with Crippen LogP contribution in [0.25, 0.3) is 11.4 Å². The first-order chi connectivity index (χ1) is 12.5. The molecule has 0 N–H and O–H groups in total. The molecule has 0 aliphatic carbocycles. The van der Waals surface area contributed by atoms with Crippen molar-refractivity contribution in [1.82, 2.24) is 15.0 Å².